The molecule has 0 bridgehead atoms. The minimum absolute atomic E-state index is 0.0470. The molecule has 398 valence electrons. The predicted octanol–water partition coefficient (Wildman–Crippen LogP) is 1.15. The summed E-state index contributed by atoms with van der Waals surface area (Å²) in [6, 6.07) is 16.1. The first-order valence-electron chi connectivity index (χ1n) is 21.2. The highest BCUT2D eigenvalue weighted by Gasteiger charge is 2.51. The zero-order chi connectivity index (χ0) is 53.8. The van der Waals surface area contributed by atoms with Gasteiger partial charge in [-0.3, -0.25) is 32.7 Å². The molecule has 3 heterocycles. The molecule has 1 saturated heterocycles. The smallest absolute Gasteiger partial charge is 0.478 e. The number of benzene rings is 3. The number of aliphatic hydroxyl groups excluding tert-OH is 2. The number of ether oxygens (including phenoxy) is 2. The number of carbonyl (C=O) groups excluding carboxylic acids is 1. The molecule has 29 nitrogen and oxygen atoms in total. The maximum atomic E-state index is 13.5. The van der Waals surface area contributed by atoms with Crippen LogP contribution in [0.5, 0.6) is 0 Å². The maximum absolute atomic E-state index is 13.5. The van der Waals surface area contributed by atoms with E-state index in [-0.39, 0.29) is 36.3 Å². The number of aromatic nitrogens is 2. The highest BCUT2D eigenvalue weighted by atomic mass is 31.3. The molecule has 5 unspecified atom stereocenters. The van der Waals surface area contributed by atoms with Gasteiger partial charge in [0.2, 0.25) is 5.36 Å². The lowest BCUT2D eigenvalue weighted by Crippen LogP contribution is -2.39. The second kappa shape index (κ2) is 23.2. The van der Waals surface area contributed by atoms with Crippen molar-refractivity contribution in [2.75, 3.05) is 66.1 Å². The van der Waals surface area contributed by atoms with Gasteiger partial charge in [-0.2, -0.15) is 8.62 Å². The van der Waals surface area contributed by atoms with Crippen molar-refractivity contribution < 1.29 is 104 Å². The first-order chi connectivity index (χ1) is 34.0. The van der Waals surface area contributed by atoms with E-state index in [1.807, 2.05) is 79.0 Å². The Morgan fingerprint density at radius 3 is 2.27 bits per heavy atom. The molecule has 73 heavy (non-hydrogen) atoms. The lowest BCUT2D eigenvalue weighted by molar-refractivity contribution is -0.0560. The summed E-state index contributed by atoms with van der Waals surface area (Å²) in [7, 11) is -15.3. The molecule has 33 heteroatoms. The second-order valence-corrected chi connectivity index (χ2v) is 22.2. The Labute approximate surface area is 411 Å². The third-order valence-electron chi connectivity index (χ3n) is 10.5. The summed E-state index contributed by atoms with van der Waals surface area (Å²) in [6.07, 6.45) is -8.74. The molecule has 2 aliphatic heterocycles. The van der Waals surface area contributed by atoms with Gasteiger partial charge in [-0.25, -0.2) is 32.4 Å². The van der Waals surface area contributed by atoms with Gasteiger partial charge in [-0.05, 0) is 48.4 Å². The van der Waals surface area contributed by atoms with E-state index in [9.17, 15) is 67.4 Å². The van der Waals surface area contributed by atoms with E-state index in [1.165, 1.54) is 18.2 Å². The molecule has 0 spiro atoms. The number of phosphoric acid groups is 4. The van der Waals surface area contributed by atoms with Crippen molar-refractivity contribution in [2.24, 2.45) is 0 Å². The second-order valence-electron chi connectivity index (χ2n) is 16.3. The third kappa shape index (κ3) is 15.0. The van der Waals surface area contributed by atoms with Gasteiger partial charge in [-0.15, -0.1) is 0 Å². The van der Waals surface area contributed by atoms with Crippen molar-refractivity contribution in [2.45, 2.75) is 37.1 Å². The molecule has 2 aromatic carbocycles. The Kier molecular flexibility index (Phi) is 18.2. The SMILES string of the molecule is CN(C)c1ccc2c(-c3cc(C(=O)NCCCOCC(O)COP(=O)(O)OC4[C@@H](O)[C@@H](COP(=O)(O)OP(=O)(O)OP(=O)(O)O)O[C@H]4n4ccc(=O)[nH]c4=O)ccc3C(=O)O)c3ccc(=[N+](C)C)cc-3oc2c1. The summed E-state index contributed by atoms with van der Waals surface area (Å²) in [5.74, 6) is -1.28. The summed E-state index contributed by atoms with van der Waals surface area (Å²) in [6.45, 7) is -2.74. The number of amides is 1. The van der Waals surface area contributed by atoms with Crippen molar-refractivity contribution in [3.63, 3.8) is 0 Å². The number of fused-ring (bicyclic) bond motifs is 2. The molecule has 3 aromatic rings. The highest BCUT2D eigenvalue weighted by Crippen LogP contribution is 2.66. The van der Waals surface area contributed by atoms with Crippen molar-refractivity contribution in [3.8, 4) is 22.5 Å². The number of carboxylic acids is 1. The summed E-state index contributed by atoms with van der Waals surface area (Å²) >= 11 is 0. The van der Waals surface area contributed by atoms with Crippen LogP contribution in [0.25, 0.3) is 33.4 Å². The molecule has 3 aliphatic rings. The van der Waals surface area contributed by atoms with Crippen LogP contribution in [0, 0.1) is 0 Å². The van der Waals surface area contributed by atoms with Crippen LogP contribution in [0.2, 0.25) is 0 Å². The molecule has 6 rings (SSSR count). The van der Waals surface area contributed by atoms with Crippen LogP contribution in [-0.4, -0.2) is 147 Å². The summed E-state index contributed by atoms with van der Waals surface area (Å²) in [5.41, 5.74) is 0.717. The number of hydrogen-bond acceptors (Lipinski definition) is 19. The van der Waals surface area contributed by atoms with Gasteiger partial charge in [0.1, 0.15) is 49.9 Å². The molecular formula is C40H50N5O24P4+. The number of carbonyl (C=O) groups is 2. The number of rotatable bonds is 23. The zero-order valence-electron chi connectivity index (χ0n) is 38.7. The van der Waals surface area contributed by atoms with Crippen LogP contribution in [0.4, 0.5) is 5.69 Å². The minimum Gasteiger partial charge on any atom is -0.478 e. The number of phosphoric ester groups is 2. The predicted molar refractivity (Wildman–Crippen MR) is 252 cm³/mol. The fraction of sp³-hybridized carbons (Fsp3) is 0.375. The molecule has 1 aromatic heterocycles. The number of aromatic carboxylic acids is 1. The van der Waals surface area contributed by atoms with Crippen LogP contribution in [0.1, 0.15) is 33.4 Å². The van der Waals surface area contributed by atoms with Gasteiger partial charge in [-0.1, -0.05) is 0 Å². The first kappa shape index (κ1) is 57.2. The third-order valence-corrected chi connectivity index (χ3v) is 15.3. The van der Waals surface area contributed by atoms with Gasteiger partial charge < -0.3 is 63.9 Å². The van der Waals surface area contributed by atoms with E-state index >= 15 is 0 Å². The van der Waals surface area contributed by atoms with Gasteiger partial charge in [0.05, 0.1) is 31.5 Å². The largest absolute Gasteiger partial charge is 0.490 e. The number of hydrogen-bond donors (Lipinski definition) is 10. The number of aromatic amines is 1. The Balaban J connectivity index is 1.05. The molecule has 1 fully saturated rings. The molecular weight excluding hydrogens is 1060 g/mol. The highest BCUT2D eigenvalue weighted by molar-refractivity contribution is 7.66. The first-order valence-corrected chi connectivity index (χ1v) is 27.2. The van der Waals surface area contributed by atoms with E-state index < -0.39 is 105 Å². The van der Waals surface area contributed by atoms with E-state index in [0.717, 1.165) is 23.3 Å². The Bertz CT molecular complexity index is 3220. The number of anilines is 1. The summed E-state index contributed by atoms with van der Waals surface area (Å²) < 4.78 is 89.3. The Hall–Kier alpha value is -5.09. The van der Waals surface area contributed by atoms with Crippen molar-refractivity contribution in [1.29, 1.82) is 0 Å². The molecule has 1 amide bonds. The summed E-state index contributed by atoms with van der Waals surface area (Å²) in [4.78, 5) is 101. The molecule has 0 radical (unpaired) electrons. The molecule has 10 N–H and O–H groups in total. The standard InChI is InChI=1S/C40H49N5O24P4/c1-43(2)23-7-10-27-30(17-23)65-31-18-24(44(3)4)8-11-28(31)34(27)29-16-22(6-9-26(29)39(50)51)37(49)41-13-5-15-62-19-25(46)20-63-71(56,57)67-36-35(48)32(66-38(36)45-14-12-33(47)42-40(45)52)21-64-72(58,59)69-73(60,61)68-70(53,54)55/h6-12,14,16-18,25,32,35-36,38,46,48H,5,13,15,19-21H2,1-4H3,(H7-,41,42,47,49,50,51,52,53,54,55,56,57,58,59,60,61)/p+1/t25?,32-,35+,36?,38-/m1/s1. The van der Waals surface area contributed by atoms with E-state index in [0.29, 0.717) is 32.4 Å². The minimum atomic E-state index is -5.95. The lowest BCUT2D eigenvalue weighted by Gasteiger charge is -2.24. The van der Waals surface area contributed by atoms with Crippen molar-refractivity contribution in [1.82, 2.24) is 19.4 Å². The fourth-order valence-corrected chi connectivity index (χ4v) is 11.2. The van der Waals surface area contributed by atoms with Crippen molar-refractivity contribution in [3.05, 3.63) is 104 Å². The number of nitrogens with zero attached hydrogens (tertiary/aromatic N) is 3. The maximum Gasteiger partial charge on any atom is 0.490 e. The summed E-state index contributed by atoms with van der Waals surface area (Å²) in [5, 5.41) is 35.9. The van der Waals surface area contributed by atoms with Gasteiger partial charge in [0.15, 0.2) is 6.23 Å². The normalized spacial score (nSPS) is 20.0. The van der Waals surface area contributed by atoms with Gasteiger partial charge >= 0.3 is 42.9 Å². The van der Waals surface area contributed by atoms with Crippen LogP contribution >= 0.6 is 31.3 Å². The fourth-order valence-electron chi connectivity index (χ4n) is 7.20. The van der Waals surface area contributed by atoms with Crippen LogP contribution < -0.4 is 31.4 Å². The van der Waals surface area contributed by atoms with E-state index in [1.54, 1.807) is 0 Å². The molecule has 1 aliphatic carbocycles. The Morgan fingerprint density at radius 1 is 0.890 bits per heavy atom. The van der Waals surface area contributed by atoms with E-state index in [2.05, 4.69) is 18.5 Å². The quantitative estimate of drug-likeness (QED) is 0.0190. The number of H-pyrrole nitrogens is 1. The zero-order valence-corrected chi connectivity index (χ0v) is 42.3. The van der Waals surface area contributed by atoms with E-state index in [4.69, 9.17) is 32.7 Å². The van der Waals surface area contributed by atoms with Crippen LogP contribution in [0.15, 0.2) is 80.9 Å². The number of aliphatic hydroxyl groups is 2. The topological polar surface area (TPSA) is 415 Å². The average molecular weight is 1110 g/mol. The van der Waals surface area contributed by atoms with Gasteiger partial charge in [0, 0.05) is 79.4 Å². The number of nitrogens with one attached hydrogen (secondary N) is 2. The molecule has 8 atom stereocenters. The van der Waals surface area contributed by atoms with Gasteiger partial charge in [0.25, 0.3) is 11.5 Å². The van der Waals surface area contributed by atoms with Crippen LogP contribution in [0.3, 0.4) is 0 Å². The average Bonchev–Trinajstić information content (AvgIpc) is 3.58. The monoisotopic (exact) mass is 1110 g/mol. The van der Waals surface area contributed by atoms with Crippen molar-refractivity contribution >= 4 is 59.8 Å². The molecule has 0 saturated carbocycles. The van der Waals surface area contributed by atoms with Crippen LogP contribution in [-0.2, 0) is 49.9 Å². The lowest BCUT2D eigenvalue weighted by atomic mass is 9.89. The Morgan fingerprint density at radius 2 is 1.62 bits per heavy atom. The number of carboxylic acid groups (broad SMARTS) is 1.